The van der Waals surface area contributed by atoms with Crippen molar-refractivity contribution < 1.29 is 63.6 Å². The average Bonchev–Trinajstić information content (AvgIpc) is 2.75. The molecule has 35 heavy (non-hydrogen) atoms. The van der Waals surface area contributed by atoms with Crippen LogP contribution >= 0.6 is 11.8 Å². The van der Waals surface area contributed by atoms with Gasteiger partial charge >= 0.3 is 29.6 Å². The Morgan fingerprint density at radius 2 is 1.91 bits per heavy atom. The van der Waals surface area contributed by atoms with Gasteiger partial charge in [0.25, 0.3) is 0 Å². The summed E-state index contributed by atoms with van der Waals surface area (Å²) >= 11 is 1.31. The first-order valence-electron chi connectivity index (χ1n) is 11.3. The van der Waals surface area contributed by atoms with Gasteiger partial charge in [-0.3, -0.25) is 4.79 Å². The van der Waals surface area contributed by atoms with Gasteiger partial charge in [-0.25, -0.2) is 4.39 Å². The van der Waals surface area contributed by atoms with E-state index in [1.54, 1.807) is 38.1 Å². The van der Waals surface area contributed by atoms with Crippen LogP contribution in [0.25, 0.3) is 0 Å². The molecule has 1 unspecified atom stereocenters. The molecule has 1 atom stereocenters. The number of benzene rings is 2. The summed E-state index contributed by atoms with van der Waals surface area (Å²) in [5.74, 6) is -0.880. The van der Waals surface area contributed by atoms with Gasteiger partial charge in [-0.15, -0.1) is 11.8 Å². The van der Waals surface area contributed by atoms with Crippen LogP contribution in [-0.2, 0) is 11.2 Å². The molecule has 0 aromatic heterocycles. The summed E-state index contributed by atoms with van der Waals surface area (Å²) in [4.78, 5) is 23.0. The standard InChI is InChI=1S/C26H33FO6S.Na/c1-5-7-19-21(10-9-18(16(2)28)24(19)31)33-12-6-13-34-22-11-8-17(14-20(22)27)25(32)26(3,4)15-23(29)30;/h8-11,14,25,31-32H,5-7,12-13,15H2,1-4H3,(H,29,30);/q;+1/p-1. The van der Waals surface area contributed by atoms with Crippen LogP contribution in [0.5, 0.6) is 11.5 Å². The number of ether oxygens (including phenoxy) is 1. The first kappa shape index (κ1) is 31.4. The molecule has 2 aromatic rings. The number of rotatable bonds is 13. The summed E-state index contributed by atoms with van der Waals surface area (Å²) in [5, 5.41) is 31.8. The van der Waals surface area contributed by atoms with Crippen molar-refractivity contribution in [2.24, 2.45) is 5.41 Å². The van der Waals surface area contributed by atoms with Crippen LogP contribution in [0.3, 0.4) is 0 Å². The number of aromatic hydroxyl groups is 1. The summed E-state index contributed by atoms with van der Waals surface area (Å²) in [5.41, 5.74) is 0.210. The number of halogens is 1. The molecule has 0 aliphatic rings. The maximum atomic E-state index is 14.6. The number of carboxylic acids is 1. The van der Waals surface area contributed by atoms with Crippen LogP contribution in [0.15, 0.2) is 35.2 Å². The molecular weight excluding hydrogens is 482 g/mol. The Morgan fingerprint density at radius 1 is 1.23 bits per heavy atom. The zero-order valence-corrected chi connectivity index (χ0v) is 23.8. The minimum atomic E-state index is -1.27. The number of aliphatic hydroxyl groups excluding tert-OH is 1. The van der Waals surface area contributed by atoms with Crippen LogP contribution in [0.4, 0.5) is 4.39 Å². The van der Waals surface area contributed by atoms with E-state index in [4.69, 9.17) is 4.74 Å². The van der Waals surface area contributed by atoms with Crippen LogP contribution < -0.4 is 39.4 Å². The SMILES string of the molecule is CCCc1c(OCCCSc2ccc(C(O)C(C)(C)CC(=O)[O-])cc2F)ccc(C(C)=O)c1O.[Na+]. The number of aliphatic hydroxyl groups is 1. The third-order valence-electron chi connectivity index (χ3n) is 5.53. The second-order valence-corrected chi connectivity index (χ2v) is 10.1. The maximum Gasteiger partial charge on any atom is 1.00 e. The van der Waals surface area contributed by atoms with Crippen LogP contribution in [-0.4, -0.2) is 34.3 Å². The fourth-order valence-electron chi connectivity index (χ4n) is 3.68. The minimum Gasteiger partial charge on any atom is -0.550 e. The number of carbonyl (C=O) groups excluding carboxylic acids is 2. The van der Waals surface area contributed by atoms with Gasteiger partial charge in [0, 0.05) is 27.6 Å². The van der Waals surface area contributed by atoms with E-state index in [1.165, 1.54) is 24.8 Å². The second-order valence-electron chi connectivity index (χ2n) is 8.92. The van der Waals surface area contributed by atoms with Gasteiger partial charge in [0.1, 0.15) is 17.3 Å². The van der Waals surface area contributed by atoms with Gasteiger partial charge in [-0.1, -0.05) is 33.3 Å². The molecule has 2 N–H and O–H groups in total. The third kappa shape index (κ3) is 8.79. The van der Waals surface area contributed by atoms with E-state index in [1.807, 2.05) is 6.92 Å². The normalized spacial score (nSPS) is 12.1. The number of phenols is 1. The zero-order chi connectivity index (χ0) is 25.5. The minimum absolute atomic E-state index is 0. The molecule has 186 valence electrons. The number of aliphatic carboxylic acids is 1. The van der Waals surface area contributed by atoms with E-state index < -0.39 is 23.3 Å². The number of ketones is 1. The number of hydrogen-bond acceptors (Lipinski definition) is 7. The molecule has 0 aliphatic heterocycles. The number of phenolic OH excluding ortho intramolecular Hbond substituents is 1. The van der Waals surface area contributed by atoms with Crippen LogP contribution in [0.1, 0.15) is 74.5 Å². The molecule has 0 amide bonds. The monoisotopic (exact) mass is 514 g/mol. The fraction of sp³-hybridized carbons (Fsp3) is 0.462. The van der Waals surface area contributed by atoms with Gasteiger partial charge < -0.3 is 24.9 Å². The largest absolute Gasteiger partial charge is 1.00 e. The molecule has 0 aliphatic carbocycles. The van der Waals surface area contributed by atoms with Crippen molar-refractivity contribution in [1.82, 2.24) is 0 Å². The summed E-state index contributed by atoms with van der Waals surface area (Å²) in [6, 6.07) is 7.66. The van der Waals surface area contributed by atoms with E-state index in [0.29, 0.717) is 47.0 Å². The number of thioether (sulfide) groups is 1. The smallest absolute Gasteiger partial charge is 0.550 e. The van der Waals surface area contributed by atoms with Gasteiger partial charge in [0.2, 0.25) is 0 Å². The Kier molecular flexibility index (Phi) is 12.8. The molecule has 0 heterocycles. The van der Waals surface area contributed by atoms with Crippen molar-refractivity contribution in [1.29, 1.82) is 0 Å². The molecule has 0 saturated carbocycles. The molecular formula is C26H32FNaO6S. The Morgan fingerprint density at radius 3 is 2.49 bits per heavy atom. The predicted molar refractivity (Wildman–Crippen MR) is 128 cm³/mol. The summed E-state index contributed by atoms with van der Waals surface area (Å²) in [6.45, 7) is 6.92. The molecule has 6 nitrogen and oxygen atoms in total. The van der Waals surface area contributed by atoms with E-state index >= 15 is 0 Å². The van der Waals surface area contributed by atoms with Crippen LogP contribution in [0.2, 0.25) is 0 Å². The molecule has 0 bridgehead atoms. The van der Waals surface area contributed by atoms with Crippen LogP contribution in [0, 0.1) is 11.2 Å². The molecule has 2 aromatic carbocycles. The number of carboxylic acid groups (broad SMARTS) is 1. The Labute approximate surface area is 232 Å². The Hall–Kier alpha value is -1.58. The molecule has 0 saturated heterocycles. The first-order chi connectivity index (χ1) is 16.0. The topological polar surface area (TPSA) is 107 Å². The van der Waals surface area contributed by atoms with Crippen molar-refractivity contribution >= 4 is 23.5 Å². The third-order valence-corrected chi connectivity index (χ3v) is 6.67. The van der Waals surface area contributed by atoms with Crippen molar-refractivity contribution in [3.63, 3.8) is 0 Å². The van der Waals surface area contributed by atoms with Gasteiger partial charge in [0.15, 0.2) is 5.78 Å². The van der Waals surface area contributed by atoms with Crippen molar-refractivity contribution in [3.8, 4) is 11.5 Å². The van der Waals surface area contributed by atoms with Crippen molar-refractivity contribution in [2.45, 2.75) is 64.4 Å². The summed E-state index contributed by atoms with van der Waals surface area (Å²) < 4.78 is 20.4. The maximum absolute atomic E-state index is 14.6. The van der Waals surface area contributed by atoms with Gasteiger partial charge in [-0.05, 0) is 56.0 Å². The quantitative estimate of drug-likeness (QED) is 0.180. The summed E-state index contributed by atoms with van der Waals surface area (Å²) in [6.07, 6.45) is 0.501. The molecule has 0 spiro atoms. The predicted octanol–water partition coefficient (Wildman–Crippen LogP) is 1.45. The van der Waals surface area contributed by atoms with E-state index in [9.17, 15) is 29.3 Å². The fourth-order valence-corrected chi connectivity index (χ4v) is 4.52. The zero-order valence-electron chi connectivity index (χ0n) is 21.0. The number of hydrogen-bond donors (Lipinski definition) is 2. The molecule has 0 radical (unpaired) electrons. The van der Waals surface area contributed by atoms with Crippen molar-refractivity contribution in [3.05, 3.63) is 52.8 Å². The average molecular weight is 515 g/mol. The van der Waals surface area contributed by atoms with E-state index in [2.05, 4.69) is 0 Å². The Balaban J connectivity index is 0.00000612. The van der Waals surface area contributed by atoms with E-state index in [0.717, 1.165) is 6.42 Å². The van der Waals surface area contributed by atoms with E-state index in [-0.39, 0.29) is 53.1 Å². The number of carbonyl (C=O) groups is 2. The molecule has 2 rings (SSSR count). The second kappa shape index (κ2) is 14.2. The van der Waals surface area contributed by atoms with Gasteiger partial charge in [0.05, 0.1) is 18.3 Å². The molecule has 9 heteroatoms. The number of Topliss-reactive ketones (excluding diaryl/α,β-unsaturated/α-hetero) is 1. The van der Waals surface area contributed by atoms with Gasteiger partial charge in [-0.2, -0.15) is 0 Å². The first-order valence-corrected chi connectivity index (χ1v) is 12.2. The van der Waals surface area contributed by atoms with Crippen molar-refractivity contribution in [2.75, 3.05) is 12.4 Å². The molecule has 0 fully saturated rings. The summed E-state index contributed by atoms with van der Waals surface area (Å²) in [7, 11) is 0. The Bertz CT molecular complexity index is 1030.